The summed E-state index contributed by atoms with van der Waals surface area (Å²) in [5.41, 5.74) is 1.86. The van der Waals surface area contributed by atoms with Gasteiger partial charge in [-0.05, 0) is 27.7 Å². The maximum Gasteiger partial charge on any atom is 0.469 e. The number of allylic oxidation sites excluding steroid dienone is 2. The summed E-state index contributed by atoms with van der Waals surface area (Å²) < 4.78 is 9.50. The van der Waals surface area contributed by atoms with Crippen molar-refractivity contribution in [2.24, 2.45) is 0 Å². The smallest absolute Gasteiger partial charge is 0.451 e. The van der Waals surface area contributed by atoms with Gasteiger partial charge in [0, 0.05) is 0 Å². The predicted molar refractivity (Wildman–Crippen MR) is 62.7 cm³/mol. The average Bonchev–Trinajstić information content (AvgIpc) is 2.00. The van der Waals surface area contributed by atoms with Crippen LogP contribution in [0.15, 0.2) is 23.1 Å². The molecule has 7 heteroatoms. The number of hydrogen-bond acceptors (Lipinski definition) is 4. The molecule has 0 spiro atoms. The van der Waals surface area contributed by atoms with Gasteiger partial charge in [-0.25, -0.2) is 0 Å². The molecule has 0 bridgehead atoms. The van der Waals surface area contributed by atoms with E-state index in [0.717, 1.165) is 18.8 Å². The van der Waals surface area contributed by atoms with Gasteiger partial charge in [0.05, 0.1) is 0 Å². The summed E-state index contributed by atoms with van der Waals surface area (Å²) >= 11 is 0. The van der Waals surface area contributed by atoms with Crippen molar-refractivity contribution in [2.45, 2.75) is 27.7 Å². The lowest BCUT2D eigenvalue weighted by atomic mass is 9.84. The maximum absolute atomic E-state index is 9.21. The molecule has 0 fully saturated rings. The molecule has 0 saturated heterocycles. The molecule has 0 aromatic rings. The topological polar surface area (TPSA) is 58.9 Å². The lowest BCUT2D eigenvalue weighted by molar-refractivity contribution is 0.367. The zero-order valence-electron chi connectivity index (χ0n) is 9.60. The fourth-order valence-electron chi connectivity index (χ4n) is 0.795. The Morgan fingerprint density at radius 1 is 0.933 bits per heavy atom. The molecular formula is C8H16B3O4. The van der Waals surface area contributed by atoms with Crippen molar-refractivity contribution in [3.63, 3.8) is 0 Å². The highest BCUT2D eigenvalue weighted by Gasteiger charge is 2.14. The molecule has 81 valence electrons. The van der Waals surface area contributed by atoms with E-state index in [1.54, 1.807) is 0 Å². The monoisotopic (exact) mass is 209 g/mol. The van der Waals surface area contributed by atoms with Crippen molar-refractivity contribution >= 4 is 21.9 Å². The maximum atomic E-state index is 9.21. The van der Waals surface area contributed by atoms with Crippen molar-refractivity contribution in [2.75, 3.05) is 0 Å². The van der Waals surface area contributed by atoms with Crippen LogP contribution < -0.4 is 0 Å². The molecule has 0 rings (SSSR count). The third-order valence-electron chi connectivity index (χ3n) is 1.34. The summed E-state index contributed by atoms with van der Waals surface area (Å²) in [6, 6.07) is 0. The lowest BCUT2D eigenvalue weighted by Crippen LogP contribution is -2.26. The standard InChI is InChI=1S/C8H16B3O4/c1-7(2)5-10(12)14-9-15-11(13)6-8(3)4/h5-6,12-13H,1-4H3. The van der Waals surface area contributed by atoms with Gasteiger partial charge in [-0.2, -0.15) is 0 Å². The highest BCUT2D eigenvalue weighted by molar-refractivity contribution is 6.60. The molecule has 0 aromatic heterocycles. The molecule has 0 saturated carbocycles. The van der Waals surface area contributed by atoms with E-state index in [1.165, 1.54) is 12.0 Å². The summed E-state index contributed by atoms with van der Waals surface area (Å²) in [7, 11) is -1.17. The van der Waals surface area contributed by atoms with Crippen LogP contribution in [-0.2, 0) is 9.14 Å². The van der Waals surface area contributed by atoms with Gasteiger partial charge in [-0.15, -0.1) is 0 Å². The molecular weight excluding hydrogens is 193 g/mol. The number of hydrogen-bond donors (Lipinski definition) is 2. The van der Waals surface area contributed by atoms with Gasteiger partial charge in [0.2, 0.25) is 0 Å². The minimum Gasteiger partial charge on any atom is -0.451 e. The molecule has 15 heavy (non-hydrogen) atoms. The normalized spacial score (nSPS) is 9.20. The molecule has 0 atom stereocenters. The first-order valence-electron chi connectivity index (χ1n) is 4.70. The Hall–Kier alpha value is -0.485. The third-order valence-corrected chi connectivity index (χ3v) is 1.34. The van der Waals surface area contributed by atoms with E-state index in [2.05, 4.69) is 0 Å². The highest BCUT2D eigenvalue weighted by Crippen LogP contribution is 1.94. The fourth-order valence-corrected chi connectivity index (χ4v) is 0.795. The van der Waals surface area contributed by atoms with Crippen LogP contribution in [0.1, 0.15) is 27.7 Å². The van der Waals surface area contributed by atoms with Gasteiger partial charge in [0.25, 0.3) is 0 Å². The minimum atomic E-state index is -1.05. The van der Waals surface area contributed by atoms with Gasteiger partial charge in [-0.3, -0.25) is 0 Å². The SMILES string of the molecule is CC(C)=CB(O)O[B]OB(O)C=C(C)C. The molecule has 0 aliphatic carbocycles. The predicted octanol–water partition coefficient (Wildman–Crippen LogP) is 0.526. The van der Waals surface area contributed by atoms with E-state index in [-0.39, 0.29) is 0 Å². The summed E-state index contributed by atoms with van der Waals surface area (Å²) in [6.45, 7) is 7.36. The van der Waals surface area contributed by atoms with Gasteiger partial charge in [-0.1, -0.05) is 23.1 Å². The first kappa shape index (κ1) is 14.5. The van der Waals surface area contributed by atoms with E-state index < -0.39 is 14.2 Å². The van der Waals surface area contributed by atoms with Crippen LogP contribution in [0.3, 0.4) is 0 Å². The number of rotatable bonds is 6. The van der Waals surface area contributed by atoms with Crippen LogP contribution in [0.4, 0.5) is 0 Å². The van der Waals surface area contributed by atoms with Crippen LogP contribution in [0, 0.1) is 0 Å². The Morgan fingerprint density at radius 3 is 1.53 bits per heavy atom. The van der Waals surface area contributed by atoms with Crippen molar-refractivity contribution < 1.29 is 19.2 Å². The van der Waals surface area contributed by atoms with E-state index >= 15 is 0 Å². The molecule has 0 unspecified atom stereocenters. The van der Waals surface area contributed by atoms with Crippen LogP contribution in [0.25, 0.3) is 0 Å². The highest BCUT2D eigenvalue weighted by atomic mass is 16.6. The van der Waals surface area contributed by atoms with E-state index in [9.17, 15) is 10.0 Å². The second-order valence-corrected chi connectivity index (χ2v) is 3.64. The first-order chi connectivity index (χ1) is 6.91. The summed E-state index contributed by atoms with van der Waals surface area (Å²) in [5, 5.41) is 18.4. The van der Waals surface area contributed by atoms with Gasteiger partial charge in [0.1, 0.15) is 0 Å². The van der Waals surface area contributed by atoms with Crippen LogP contribution >= 0.6 is 0 Å². The lowest BCUT2D eigenvalue weighted by Gasteiger charge is -2.05. The van der Waals surface area contributed by atoms with Crippen molar-refractivity contribution in [3.05, 3.63) is 23.1 Å². The second-order valence-electron chi connectivity index (χ2n) is 3.64. The quantitative estimate of drug-likeness (QED) is 0.625. The van der Waals surface area contributed by atoms with Gasteiger partial charge in [0.15, 0.2) is 0 Å². The third kappa shape index (κ3) is 9.81. The van der Waals surface area contributed by atoms with E-state index in [4.69, 9.17) is 9.14 Å². The van der Waals surface area contributed by atoms with Crippen molar-refractivity contribution in [1.82, 2.24) is 0 Å². The molecule has 0 amide bonds. The summed E-state index contributed by atoms with van der Waals surface area (Å²) in [6.07, 6.45) is 0. The second kappa shape index (κ2) is 7.76. The van der Waals surface area contributed by atoms with Crippen LogP contribution in [0.2, 0.25) is 0 Å². The average molecular weight is 209 g/mol. The first-order valence-corrected chi connectivity index (χ1v) is 4.70. The van der Waals surface area contributed by atoms with Gasteiger partial charge >= 0.3 is 21.9 Å². The summed E-state index contributed by atoms with van der Waals surface area (Å²) in [5.74, 6) is 3.04. The fraction of sp³-hybridized carbons (Fsp3) is 0.500. The Balaban J connectivity index is 3.71. The van der Waals surface area contributed by atoms with E-state index in [0.29, 0.717) is 0 Å². The van der Waals surface area contributed by atoms with Crippen molar-refractivity contribution in [1.29, 1.82) is 0 Å². The molecule has 2 N–H and O–H groups in total. The molecule has 0 aliphatic rings. The summed E-state index contributed by atoms with van der Waals surface area (Å²) in [4.78, 5) is 0. The Labute approximate surface area is 92.6 Å². The minimum absolute atomic E-state index is 0.925. The van der Waals surface area contributed by atoms with Crippen LogP contribution in [0.5, 0.6) is 0 Å². The van der Waals surface area contributed by atoms with Gasteiger partial charge < -0.3 is 19.2 Å². The zero-order chi connectivity index (χ0) is 11.8. The molecule has 0 heterocycles. The Bertz CT molecular complexity index is 210. The largest absolute Gasteiger partial charge is 0.469 e. The molecule has 0 aromatic carbocycles. The Kier molecular flexibility index (Phi) is 7.51. The van der Waals surface area contributed by atoms with Crippen LogP contribution in [-0.4, -0.2) is 32.0 Å². The van der Waals surface area contributed by atoms with E-state index in [1.807, 2.05) is 27.7 Å². The zero-order valence-corrected chi connectivity index (χ0v) is 9.60. The van der Waals surface area contributed by atoms with Crippen molar-refractivity contribution in [3.8, 4) is 0 Å². The molecule has 1 radical (unpaired) electrons. The molecule has 0 aliphatic heterocycles. The molecule has 4 nitrogen and oxygen atoms in total. The Morgan fingerprint density at radius 2 is 1.27 bits per heavy atom.